The fraction of sp³-hybridized carbons (Fsp3) is 1.00. The third-order valence-corrected chi connectivity index (χ3v) is 6.22. The summed E-state index contributed by atoms with van der Waals surface area (Å²) in [7, 11) is 0. The predicted molar refractivity (Wildman–Crippen MR) is 85.1 cm³/mol. The first-order valence-electron chi connectivity index (χ1n) is 9.41. The summed E-state index contributed by atoms with van der Waals surface area (Å²) in [5, 5.41) is 3.84. The van der Waals surface area contributed by atoms with Crippen LogP contribution in [0.4, 0.5) is 0 Å². The summed E-state index contributed by atoms with van der Waals surface area (Å²) in [4.78, 5) is 1.97. The Labute approximate surface area is 125 Å². The van der Waals surface area contributed by atoms with E-state index in [0.29, 0.717) is 0 Å². The fourth-order valence-corrected chi connectivity index (χ4v) is 5.18. The third-order valence-electron chi connectivity index (χ3n) is 6.22. The average molecular weight is 279 g/mol. The van der Waals surface area contributed by atoms with Crippen molar-refractivity contribution in [2.45, 2.75) is 83.2 Å². The molecule has 5 unspecified atom stereocenters. The Morgan fingerprint density at radius 2 is 1.85 bits per heavy atom. The lowest BCUT2D eigenvalue weighted by molar-refractivity contribution is -0.935. The molecule has 5 atom stereocenters. The molecule has 2 aliphatic heterocycles. The zero-order valence-electron chi connectivity index (χ0n) is 13.5. The van der Waals surface area contributed by atoms with E-state index in [-0.39, 0.29) is 0 Å². The first-order chi connectivity index (χ1) is 9.83. The number of likely N-dealkylation sites (tertiary alicyclic amines) is 1. The van der Waals surface area contributed by atoms with Crippen LogP contribution in [0.15, 0.2) is 0 Å². The molecule has 0 bridgehead atoms. The number of piperidine rings is 2. The topological polar surface area (TPSA) is 16.5 Å². The second-order valence-electron chi connectivity index (χ2n) is 7.91. The Morgan fingerprint density at radius 3 is 2.65 bits per heavy atom. The molecule has 2 saturated heterocycles. The van der Waals surface area contributed by atoms with E-state index in [1.54, 1.807) is 0 Å². The summed E-state index contributed by atoms with van der Waals surface area (Å²) in [6, 6.07) is 1.77. The Kier molecular flexibility index (Phi) is 5.39. The van der Waals surface area contributed by atoms with Gasteiger partial charge >= 0.3 is 0 Å². The molecule has 2 heterocycles. The van der Waals surface area contributed by atoms with Crippen LogP contribution in [-0.4, -0.2) is 31.7 Å². The summed E-state index contributed by atoms with van der Waals surface area (Å²) < 4.78 is 0. The van der Waals surface area contributed by atoms with Gasteiger partial charge in [-0.3, -0.25) is 0 Å². The maximum absolute atomic E-state index is 3.84. The van der Waals surface area contributed by atoms with Crippen molar-refractivity contribution in [2.24, 2.45) is 11.8 Å². The first-order valence-corrected chi connectivity index (χ1v) is 9.41. The second kappa shape index (κ2) is 7.26. The molecule has 116 valence electrons. The molecule has 20 heavy (non-hydrogen) atoms. The molecule has 3 rings (SSSR count). The van der Waals surface area contributed by atoms with Crippen LogP contribution in [0.3, 0.4) is 0 Å². The van der Waals surface area contributed by atoms with Crippen molar-refractivity contribution in [2.75, 3.05) is 19.6 Å². The van der Waals surface area contributed by atoms with Gasteiger partial charge in [0.25, 0.3) is 0 Å². The van der Waals surface area contributed by atoms with Crippen molar-refractivity contribution in [1.82, 2.24) is 5.32 Å². The largest absolute Gasteiger partial charge is 0.331 e. The maximum Gasteiger partial charge on any atom is 0.103 e. The van der Waals surface area contributed by atoms with Crippen molar-refractivity contribution in [3.63, 3.8) is 0 Å². The number of nitrogens with one attached hydrogen (secondary N) is 2. The Hall–Kier alpha value is -0.0800. The molecule has 0 aromatic rings. The molecule has 2 heteroatoms. The van der Waals surface area contributed by atoms with Gasteiger partial charge in [-0.1, -0.05) is 26.2 Å². The predicted octanol–water partition coefficient (Wildman–Crippen LogP) is 2.39. The number of rotatable bonds is 3. The third kappa shape index (κ3) is 3.76. The van der Waals surface area contributed by atoms with Crippen molar-refractivity contribution < 1.29 is 4.90 Å². The number of hydrogen-bond donors (Lipinski definition) is 2. The molecule has 3 fully saturated rings. The minimum atomic E-state index is 0.833. The molecule has 0 radical (unpaired) electrons. The van der Waals surface area contributed by atoms with Crippen LogP contribution in [0.25, 0.3) is 0 Å². The Balaban J connectivity index is 1.56. The van der Waals surface area contributed by atoms with Crippen LogP contribution >= 0.6 is 0 Å². The van der Waals surface area contributed by atoms with E-state index in [9.17, 15) is 0 Å². The molecule has 0 aromatic carbocycles. The highest BCUT2D eigenvalue weighted by molar-refractivity contribution is 4.82. The minimum Gasteiger partial charge on any atom is -0.331 e. The van der Waals surface area contributed by atoms with Gasteiger partial charge in [0, 0.05) is 12.3 Å². The van der Waals surface area contributed by atoms with E-state index >= 15 is 0 Å². The maximum atomic E-state index is 3.84. The van der Waals surface area contributed by atoms with Crippen molar-refractivity contribution >= 4 is 0 Å². The van der Waals surface area contributed by atoms with Crippen LogP contribution in [0.2, 0.25) is 0 Å². The van der Waals surface area contributed by atoms with Gasteiger partial charge in [-0.25, -0.2) is 0 Å². The van der Waals surface area contributed by atoms with Gasteiger partial charge in [0.05, 0.1) is 19.1 Å². The first kappa shape index (κ1) is 14.8. The van der Waals surface area contributed by atoms with Crippen LogP contribution in [0, 0.1) is 11.8 Å². The van der Waals surface area contributed by atoms with E-state index in [0.717, 1.165) is 23.9 Å². The molecule has 0 amide bonds. The Bertz CT molecular complexity index is 285. The van der Waals surface area contributed by atoms with Gasteiger partial charge in [-0.05, 0) is 51.0 Å². The minimum absolute atomic E-state index is 0.833. The van der Waals surface area contributed by atoms with Gasteiger partial charge in [0.15, 0.2) is 0 Å². The summed E-state index contributed by atoms with van der Waals surface area (Å²) in [6.45, 7) is 6.67. The summed E-state index contributed by atoms with van der Waals surface area (Å²) in [6.07, 6.45) is 14.7. The summed E-state index contributed by atoms with van der Waals surface area (Å²) >= 11 is 0. The van der Waals surface area contributed by atoms with E-state index < -0.39 is 0 Å². The highest BCUT2D eigenvalue weighted by Gasteiger charge is 2.35. The highest BCUT2D eigenvalue weighted by atomic mass is 15.2. The number of hydrogen-bond acceptors (Lipinski definition) is 1. The molecule has 1 saturated carbocycles. The van der Waals surface area contributed by atoms with Crippen molar-refractivity contribution in [3.8, 4) is 0 Å². The highest BCUT2D eigenvalue weighted by Crippen LogP contribution is 2.28. The van der Waals surface area contributed by atoms with Gasteiger partial charge in [0.1, 0.15) is 6.04 Å². The Morgan fingerprint density at radius 1 is 0.950 bits per heavy atom. The molecule has 2 N–H and O–H groups in total. The molecule has 1 aliphatic carbocycles. The fourth-order valence-electron chi connectivity index (χ4n) is 5.18. The smallest absolute Gasteiger partial charge is 0.103 e. The van der Waals surface area contributed by atoms with Crippen LogP contribution < -0.4 is 10.2 Å². The van der Waals surface area contributed by atoms with Crippen LogP contribution in [-0.2, 0) is 0 Å². The average Bonchev–Trinajstić information content (AvgIpc) is 2.49. The lowest BCUT2D eigenvalue weighted by Crippen LogP contribution is -3.18. The van der Waals surface area contributed by atoms with Crippen molar-refractivity contribution in [3.05, 3.63) is 0 Å². The molecule has 0 aromatic heterocycles. The van der Waals surface area contributed by atoms with E-state index in [1.807, 2.05) is 4.90 Å². The molecular weight excluding hydrogens is 244 g/mol. The van der Waals surface area contributed by atoms with Gasteiger partial charge < -0.3 is 10.2 Å². The molecular formula is C18H35N2+. The molecule has 3 aliphatic rings. The molecule has 0 spiro atoms. The lowest BCUT2D eigenvalue weighted by atomic mass is 9.81. The normalized spacial score (nSPS) is 43.4. The zero-order chi connectivity index (χ0) is 13.8. The summed E-state index contributed by atoms with van der Waals surface area (Å²) in [5.41, 5.74) is 0. The lowest BCUT2D eigenvalue weighted by Gasteiger charge is -2.41. The van der Waals surface area contributed by atoms with E-state index in [4.69, 9.17) is 0 Å². The zero-order valence-corrected chi connectivity index (χ0v) is 13.5. The summed E-state index contributed by atoms with van der Waals surface area (Å²) in [5.74, 6) is 2.02. The van der Waals surface area contributed by atoms with Gasteiger partial charge in [0.2, 0.25) is 0 Å². The van der Waals surface area contributed by atoms with Gasteiger partial charge in [-0.2, -0.15) is 0 Å². The van der Waals surface area contributed by atoms with E-state index in [2.05, 4.69) is 12.2 Å². The quantitative estimate of drug-likeness (QED) is 0.811. The van der Waals surface area contributed by atoms with Crippen LogP contribution in [0.1, 0.15) is 71.1 Å². The SMILES string of the molecule is CC1CCCC(C[NH+]2CCCCC2C2CCCCN2)C1. The second-order valence-corrected chi connectivity index (χ2v) is 7.91. The van der Waals surface area contributed by atoms with Gasteiger partial charge in [-0.15, -0.1) is 0 Å². The van der Waals surface area contributed by atoms with E-state index in [1.165, 1.54) is 83.8 Å². The van der Waals surface area contributed by atoms with Crippen LogP contribution in [0.5, 0.6) is 0 Å². The monoisotopic (exact) mass is 279 g/mol. The van der Waals surface area contributed by atoms with Crippen molar-refractivity contribution in [1.29, 1.82) is 0 Å². The molecule has 2 nitrogen and oxygen atoms in total. The number of quaternary nitrogens is 1. The standard InChI is InChI=1S/C18H34N2/c1-15-7-6-8-16(13-15)14-20-12-5-3-10-18(20)17-9-2-4-11-19-17/h15-19H,2-14H2,1H3/p+1.